The normalized spacial score (nSPS) is 11.0. The predicted molar refractivity (Wildman–Crippen MR) is 78.5 cm³/mol. The smallest absolute Gasteiger partial charge is 0.240 e. The van der Waals surface area contributed by atoms with E-state index in [9.17, 15) is 9.18 Å². The van der Waals surface area contributed by atoms with Crippen molar-refractivity contribution in [2.75, 3.05) is 0 Å². The first-order valence-electron chi connectivity index (χ1n) is 6.65. The Morgan fingerprint density at radius 2 is 2.19 bits per heavy atom. The monoisotopic (exact) mass is 288 g/mol. The van der Waals surface area contributed by atoms with Crippen molar-refractivity contribution in [2.24, 2.45) is 5.10 Å². The number of amides is 1. The summed E-state index contributed by atoms with van der Waals surface area (Å²) < 4.78 is 13.3. The molecule has 0 aliphatic rings. The van der Waals surface area contributed by atoms with Crippen LogP contribution >= 0.6 is 0 Å². The molecule has 0 atom stereocenters. The first-order valence-corrected chi connectivity index (χ1v) is 6.65. The van der Waals surface area contributed by atoms with Gasteiger partial charge in [-0.25, -0.2) is 9.82 Å². The Balaban J connectivity index is 1.84. The molecule has 2 N–H and O–H groups in total. The van der Waals surface area contributed by atoms with Crippen LogP contribution in [0.2, 0.25) is 0 Å². The second-order valence-corrected chi connectivity index (χ2v) is 4.73. The number of nitrogens with one attached hydrogen (secondary N) is 2. The van der Waals surface area contributed by atoms with Gasteiger partial charge in [0.1, 0.15) is 5.82 Å². The number of aryl methyl sites for hydroxylation is 2. The highest BCUT2D eigenvalue weighted by atomic mass is 19.1. The molecule has 110 valence electrons. The van der Waals surface area contributed by atoms with Gasteiger partial charge in [-0.05, 0) is 31.9 Å². The molecular weight excluding hydrogens is 271 g/mol. The molecule has 6 heteroatoms. The minimum atomic E-state index is -0.375. The van der Waals surface area contributed by atoms with E-state index in [-0.39, 0.29) is 11.7 Å². The first-order chi connectivity index (χ1) is 10.1. The van der Waals surface area contributed by atoms with Gasteiger partial charge in [0.2, 0.25) is 5.91 Å². The first kappa shape index (κ1) is 14.9. The molecule has 1 aromatic heterocycles. The third-order valence-electron chi connectivity index (χ3n) is 3.18. The maximum atomic E-state index is 13.3. The highest BCUT2D eigenvalue weighted by molar-refractivity contribution is 5.82. The van der Waals surface area contributed by atoms with Crippen molar-refractivity contribution in [3.63, 3.8) is 0 Å². The Hall–Kier alpha value is -2.50. The lowest BCUT2D eigenvalue weighted by molar-refractivity contribution is -0.121. The molecule has 0 radical (unpaired) electrons. The Bertz CT molecular complexity index is 644. The summed E-state index contributed by atoms with van der Waals surface area (Å²) >= 11 is 0. The molecule has 1 heterocycles. The lowest BCUT2D eigenvalue weighted by Crippen LogP contribution is -2.18. The Morgan fingerprint density at radius 3 is 2.86 bits per heavy atom. The number of H-pyrrole nitrogens is 1. The van der Waals surface area contributed by atoms with Crippen LogP contribution in [0.15, 0.2) is 29.4 Å². The van der Waals surface area contributed by atoms with Gasteiger partial charge in [0.15, 0.2) is 0 Å². The molecule has 1 aromatic carbocycles. The lowest BCUT2D eigenvalue weighted by Gasteiger charge is -2.01. The average Bonchev–Trinajstić information content (AvgIpc) is 2.78. The number of aromatic amines is 1. The number of carbonyl (C=O) groups excluding carboxylic acids is 1. The number of carbonyl (C=O) groups is 1. The van der Waals surface area contributed by atoms with E-state index in [0.29, 0.717) is 18.4 Å². The number of halogens is 1. The molecule has 2 rings (SSSR count). The number of hydrogen-bond acceptors (Lipinski definition) is 3. The summed E-state index contributed by atoms with van der Waals surface area (Å²) in [5, 5.41) is 10.7. The number of rotatable bonds is 5. The van der Waals surface area contributed by atoms with E-state index >= 15 is 0 Å². The van der Waals surface area contributed by atoms with Crippen LogP contribution in [0, 0.1) is 19.7 Å². The molecular formula is C15H17FN4O. The van der Waals surface area contributed by atoms with Gasteiger partial charge in [0.05, 0.1) is 11.9 Å². The maximum absolute atomic E-state index is 13.3. The van der Waals surface area contributed by atoms with Gasteiger partial charge in [-0.3, -0.25) is 9.89 Å². The van der Waals surface area contributed by atoms with Crippen LogP contribution < -0.4 is 5.43 Å². The topological polar surface area (TPSA) is 70.1 Å². The van der Waals surface area contributed by atoms with Crippen LogP contribution in [0.1, 0.15) is 28.9 Å². The molecule has 21 heavy (non-hydrogen) atoms. The van der Waals surface area contributed by atoms with E-state index in [0.717, 1.165) is 17.0 Å². The van der Waals surface area contributed by atoms with Crippen molar-refractivity contribution in [3.8, 4) is 0 Å². The van der Waals surface area contributed by atoms with Crippen LogP contribution in [0.3, 0.4) is 0 Å². The number of hydrazone groups is 1. The van der Waals surface area contributed by atoms with E-state index < -0.39 is 0 Å². The molecule has 0 bridgehead atoms. The molecule has 0 spiro atoms. The third-order valence-corrected chi connectivity index (χ3v) is 3.18. The van der Waals surface area contributed by atoms with Crippen LogP contribution in [0.4, 0.5) is 4.39 Å². The van der Waals surface area contributed by atoms with Crippen LogP contribution in [0.25, 0.3) is 0 Å². The van der Waals surface area contributed by atoms with Gasteiger partial charge in [-0.15, -0.1) is 0 Å². The zero-order valence-electron chi connectivity index (χ0n) is 12.0. The highest BCUT2D eigenvalue weighted by Gasteiger charge is 2.08. The summed E-state index contributed by atoms with van der Waals surface area (Å²) in [4.78, 5) is 11.7. The van der Waals surface area contributed by atoms with Gasteiger partial charge in [-0.1, -0.05) is 18.2 Å². The second kappa shape index (κ2) is 6.78. The van der Waals surface area contributed by atoms with Crippen molar-refractivity contribution >= 4 is 12.1 Å². The molecule has 5 nitrogen and oxygen atoms in total. The standard InChI is InChI=1S/C15H17FN4O/c1-10-13(11(2)19-18-10)7-8-15(21)20-17-9-12-5-3-4-6-14(12)16/h3-6,9H,7-8H2,1-2H3,(H,18,19)(H,20,21)/b17-9-. The molecule has 0 saturated heterocycles. The number of hydrogen-bond donors (Lipinski definition) is 2. The third kappa shape index (κ3) is 3.98. The summed E-state index contributed by atoms with van der Waals surface area (Å²) in [5.41, 5.74) is 5.64. The zero-order chi connectivity index (χ0) is 15.2. The molecule has 1 amide bonds. The number of aromatic nitrogens is 2. The minimum Gasteiger partial charge on any atom is -0.282 e. The summed E-state index contributed by atoms with van der Waals surface area (Å²) in [7, 11) is 0. The van der Waals surface area contributed by atoms with Gasteiger partial charge in [-0.2, -0.15) is 10.2 Å². The Morgan fingerprint density at radius 1 is 1.43 bits per heavy atom. The van der Waals surface area contributed by atoms with Crippen molar-refractivity contribution in [3.05, 3.63) is 52.6 Å². The minimum absolute atomic E-state index is 0.220. The van der Waals surface area contributed by atoms with E-state index in [1.807, 2.05) is 13.8 Å². The lowest BCUT2D eigenvalue weighted by atomic mass is 10.1. The summed E-state index contributed by atoms with van der Waals surface area (Å²) in [6, 6.07) is 6.23. The quantitative estimate of drug-likeness (QED) is 0.654. The fourth-order valence-corrected chi connectivity index (χ4v) is 1.99. The van der Waals surface area contributed by atoms with Gasteiger partial charge in [0.25, 0.3) is 0 Å². The summed E-state index contributed by atoms with van der Waals surface area (Å²) in [6.07, 6.45) is 2.19. The van der Waals surface area contributed by atoms with E-state index in [1.54, 1.807) is 18.2 Å². The highest BCUT2D eigenvalue weighted by Crippen LogP contribution is 2.11. The van der Waals surface area contributed by atoms with E-state index in [1.165, 1.54) is 12.3 Å². The zero-order valence-corrected chi connectivity index (χ0v) is 12.0. The van der Waals surface area contributed by atoms with Gasteiger partial charge in [0, 0.05) is 17.7 Å². The Kier molecular flexibility index (Phi) is 4.81. The van der Waals surface area contributed by atoms with Crippen molar-refractivity contribution in [1.82, 2.24) is 15.6 Å². The van der Waals surface area contributed by atoms with Crippen LogP contribution in [-0.4, -0.2) is 22.3 Å². The molecule has 0 aliphatic heterocycles. The number of nitrogens with zero attached hydrogens (tertiary/aromatic N) is 2. The van der Waals surface area contributed by atoms with E-state index in [2.05, 4.69) is 20.7 Å². The van der Waals surface area contributed by atoms with Gasteiger partial charge >= 0.3 is 0 Å². The van der Waals surface area contributed by atoms with Crippen molar-refractivity contribution in [1.29, 1.82) is 0 Å². The maximum Gasteiger partial charge on any atom is 0.240 e. The SMILES string of the molecule is Cc1n[nH]c(C)c1CCC(=O)N/N=C\c1ccccc1F. The fourth-order valence-electron chi connectivity index (χ4n) is 1.99. The molecule has 0 saturated carbocycles. The predicted octanol–water partition coefficient (Wildman–Crippen LogP) is 2.25. The Labute approximate surface area is 122 Å². The van der Waals surface area contributed by atoms with Crippen molar-refractivity contribution < 1.29 is 9.18 Å². The van der Waals surface area contributed by atoms with Crippen molar-refractivity contribution in [2.45, 2.75) is 26.7 Å². The molecule has 0 aliphatic carbocycles. The molecule has 2 aromatic rings. The molecule has 0 unspecified atom stereocenters. The largest absolute Gasteiger partial charge is 0.282 e. The summed E-state index contributed by atoms with van der Waals surface area (Å²) in [6.45, 7) is 3.82. The number of benzene rings is 1. The van der Waals surface area contributed by atoms with E-state index in [4.69, 9.17) is 0 Å². The van der Waals surface area contributed by atoms with Gasteiger partial charge < -0.3 is 0 Å². The second-order valence-electron chi connectivity index (χ2n) is 4.73. The fraction of sp³-hybridized carbons (Fsp3) is 0.267. The summed E-state index contributed by atoms with van der Waals surface area (Å²) in [5.74, 6) is -0.595. The average molecular weight is 288 g/mol. The van der Waals surface area contributed by atoms with Crippen LogP contribution in [-0.2, 0) is 11.2 Å². The van der Waals surface area contributed by atoms with Crippen LogP contribution in [0.5, 0.6) is 0 Å². The molecule has 0 fully saturated rings.